The summed E-state index contributed by atoms with van der Waals surface area (Å²) in [4.78, 5) is 99.3. The number of rotatable bonds is 10. The number of Topliss-reactive ketones (excluding diaryl/α,β-unsaturated/α-hetero) is 5. The van der Waals surface area contributed by atoms with E-state index in [2.05, 4.69) is 51.8 Å². The lowest BCUT2D eigenvalue weighted by Gasteiger charge is -2.62. The molecule has 0 aliphatic heterocycles. The van der Waals surface area contributed by atoms with Crippen LogP contribution >= 0.6 is 0 Å². The second kappa shape index (κ2) is 32.6. The summed E-state index contributed by atoms with van der Waals surface area (Å²) in [6.07, 6.45) is 37.3. The number of phenolic OH excluding ortho intramolecular Hbond substituents is 2. The second-order valence-electron chi connectivity index (χ2n) is 42.3. The zero-order valence-corrected chi connectivity index (χ0v) is 74.7. The number of aromatic hydroxyl groups is 2. The SMILES string of the molecule is C#C[C@]1(O)CC[C@H]2[C@@H]3CCC4=Cc5oncc5C[C@]4(C)[C@H]3CC[C@@]21C.CC/C(=C(/CC)c1ccc(O)cc1)c1ccc(O)cc1.C[C@@H]1C[C@H]2[C@@H]3CCC4=CC(=O)C=C[C@]4(C)[C@@]3(F)[C@@H](O)C[C@]2(C)[C@@]1(O)C(=O)CO.C[C@]12C=CC(=O)C=C1CC[C@@H]1[C@@H]2C(=O)C[C@@]2(C)[C@H]1CC[C@]2(O)C(=O)CO.C[C@]12CCC(=O)C=C1CC[C@@H]1[C@@H]2C(=O)C[C@@]2(C)[C@H]1CC[C@]2(O)C(=O)CO. The number of carbonyl (C=O) groups excluding carboxylic acids is 8. The van der Waals surface area contributed by atoms with Crippen LogP contribution in [0, 0.1) is 127 Å². The van der Waals surface area contributed by atoms with Crippen LogP contribution in [-0.4, -0.2) is 156 Å². The lowest BCUT2D eigenvalue weighted by atomic mass is 9.44. The van der Waals surface area contributed by atoms with Gasteiger partial charge in [0.25, 0.3) is 0 Å². The highest BCUT2D eigenvalue weighted by atomic mass is 19.1. The predicted molar refractivity (Wildman–Crippen MR) is 468 cm³/mol. The molecule has 0 unspecified atom stereocenters. The Morgan fingerprint density at radius 3 is 1.56 bits per heavy atom. The summed E-state index contributed by atoms with van der Waals surface area (Å²) >= 11 is 0. The molecule has 0 bridgehead atoms. The van der Waals surface area contributed by atoms with Gasteiger partial charge in [-0.25, -0.2) is 4.39 Å². The van der Waals surface area contributed by atoms with Gasteiger partial charge >= 0.3 is 0 Å². The molecule has 2 aromatic carbocycles. The van der Waals surface area contributed by atoms with Gasteiger partial charge < -0.3 is 55.6 Å². The highest BCUT2D eigenvalue weighted by Crippen LogP contribution is 2.74. The number of hydrogen-bond donors (Lipinski definition) is 10. The summed E-state index contributed by atoms with van der Waals surface area (Å²) in [6, 6.07) is 14.7. The first-order valence-electron chi connectivity index (χ1n) is 46.2. The Labute approximate surface area is 733 Å². The smallest absolute Gasteiger partial charge is 0.190 e. The lowest BCUT2D eigenvalue weighted by Crippen LogP contribution is -2.69. The number of aromatic nitrogens is 1. The van der Waals surface area contributed by atoms with Gasteiger partial charge in [-0.05, 0) is 295 Å². The summed E-state index contributed by atoms with van der Waals surface area (Å²) in [5, 5.41) is 107. The quantitative estimate of drug-likeness (QED) is 0.0666. The van der Waals surface area contributed by atoms with Crippen LogP contribution in [0.25, 0.3) is 17.2 Å². The molecule has 0 radical (unpaired) electrons. The van der Waals surface area contributed by atoms with Gasteiger partial charge in [0.1, 0.15) is 65.3 Å². The van der Waals surface area contributed by atoms with Gasteiger partial charge in [0, 0.05) is 75.1 Å². The van der Waals surface area contributed by atoms with E-state index in [1.54, 1.807) is 74.9 Å². The van der Waals surface area contributed by atoms with E-state index < -0.39 is 110 Å². The van der Waals surface area contributed by atoms with E-state index in [9.17, 15) is 89.4 Å². The molecule has 0 spiro atoms. The molecule has 1 heterocycles. The average molecular weight is 1720 g/mol. The second-order valence-corrected chi connectivity index (χ2v) is 42.3. The van der Waals surface area contributed by atoms with Crippen molar-refractivity contribution in [1.29, 1.82) is 0 Å². The van der Waals surface area contributed by atoms with E-state index in [4.69, 9.17) is 10.9 Å². The van der Waals surface area contributed by atoms with Crippen LogP contribution in [0.4, 0.5) is 4.39 Å². The van der Waals surface area contributed by atoms with Crippen molar-refractivity contribution in [2.75, 3.05) is 19.8 Å². The van der Waals surface area contributed by atoms with E-state index in [0.717, 1.165) is 105 Å². The van der Waals surface area contributed by atoms with Gasteiger partial charge in [0.15, 0.2) is 46.1 Å². The molecule has 16 aliphatic rings. The zero-order valence-electron chi connectivity index (χ0n) is 74.7. The van der Waals surface area contributed by atoms with Crippen molar-refractivity contribution in [2.24, 2.45) is 114 Å². The monoisotopic (exact) mass is 1720 g/mol. The van der Waals surface area contributed by atoms with Crippen molar-refractivity contribution >= 4 is 63.5 Å². The number of carbonyl (C=O) groups is 8. The molecule has 125 heavy (non-hydrogen) atoms. The summed E-state index contributed by atoms with van der Waals surface area (Å²) in [7, 11) is 0. The van der Waals surface area contributed by atoms with Crippen LogP contribution in [0.1, 0.15) is 253 Å². The maximum Gasteiger partial charge on any atom is 0.190 e. The van der Waals surface area contributed by atoms with Crippen LogP contribution in [0.3, 0.4) is 0 Å². The number of allylic oxidation sites excluding steroid dienone is 12. The topological polar surface area (TPSA) is 365 Å². The van der Waals surface area contributed by atoms with Crippen LogP contribution in [0.2, 0.25) is 0 Å². The molecule has 0 saturated heterocycles. The third-order valence-electron chi connectivity index (χ3n) is 37.4. The number of benzene rings is 2. The molecule has 10 N–H and O–H groups in total. The maximum absolute atomic E-state index is 16.9. The van der Waals surface area contributed by atoms with Crippen LogP contribution in [-0.2, 0) is 44.8 Å². The molecule has 16 aliphatic carbocycles. The maximum atomic E-state index is 16.9. The molecule has 12 saturated carbocycles. The molecule has 12 fully saturated rings. The largest absolute Gasteiger partial charge is 0.508 e. The Kier molecular flexibility index (Phi) is 23.9. The number of terminal acetylenes is 1. The number of nitrogens with zero attached hydrogens (tertiary/aromatic N) is 1. The lowest BCUT2D eigenvalue weighted by molar-refractivity contribution is -0.219. The average Bonchev–Trinajstić information content (AvgIpc) is 1.58. The van der Waals surface area contributed by atoms with Crippen molar-refractivity contribution in [3.05, 3.63) is 142 Å². The first kappa shape index (κ1) is 91.7. The van der Waals surface area contributed by atoms with E-state index in [1.165, 1.54) is 35.3 Å². The Morgan fingerprint density at radius 1 is 0.520 bits per heavy atom. The van der Waals surface area contributed by atoms with E-state index in [0.29, 0.717) is 81.1 Å². The molecule has 0 amide bonds. The van der Waals surface area contributed by atoms with Crippen molar-refractivity contribution in [2.45, 2.75) is 271 Å². The minimum Gasteiger partial charge on any atom is -0.508 e. The number of fused-ring (bicyclic) bond motifs is 21. The van der Waals surface area contributed by atoms with E-state index in [1.807, 2.05) is 57.3 Å². The van der Waals surface area contributed by atoms with Crippen molar-refractivity contribution < 1.29 is 98.3 Å². The van der Waals surface area contributed by atoms with Gasteiger partial charge in [-0.1, -0.05) is 139 Å². The van der Waals surface area contributed by atoms with Crippen molar-refractivity contribution in [1.82, 2.24) is 5.16 Å². The summed E-state index contributed by atoms with van der Waals surface area (Å²) < 4.78 is 22.3. The van der Waals surface area contributed by atoms with Crippen molar-refractivity contribution in [3.8, 4) is 23.8 Å². The van der Waals surface area contributed by atoms with Gasteiger partial charge in [-0.3, -0.25) is 38.4 Å². The zero-order chi connectivity index (χ0) is 90.5. The van der Waals surface area contributed by atoms with Crippen LogP contribution in [0.15, 0.2) is 124 Å². The normalized spacial score (nSPS) is 43.0. The molecule has 3 aromatic rings. The summed E-state index contributed by atoms with van der Waals surface area (Å²) in [6.45, 7) is 20.0. The fourth-order valence-electron chi connectivity index (χ4n) is 30.5. The third-order valence-corrected chi connectivity index (χ3v) is 37.4. The van der Waals surface area contributed by atoms with Crippen LogP contribution < -0.4 is 0 Å². The molecule has 20 nitrogen and oxygen atoms in total. The number of alkyl halides is 1. The molecular formula is C104H130FNO19. The van der Waals surface area contributed by atoms with E-state index >= 15 is 4.39 Å². The fraction of sp³-hybridized carbons (Fsp3) is 0.625. The highest BCUT2D eigenvalue weighted by molar-refractivity contribution is 6.03. The van der Waals surface area contributed by atoms with Gasteiger partial charge in [-0.15, -0.1) is 6.42 Å². The summed E-state index contributed by atoms with van der Waals surface area (Å²) in [5.41, 5.74) is -1.77. The van der Waals surface area contributed by atoms with Gasteiger partial charge in [-0.2, -0.15) is 0 Å². The number of ketones is 8. The van der Waals surface area contributed by atoms with Crippen molar-refractivity contribution in [3.63, 3.8) is 0 Å². The Morgan fingerprint density at radius 2 is 1.01 bits per heavy atom. The first-order valence-corrected chi connectivity index (χ1v) is 46.2. The number of phenols is 2. The molecule has 672 valence electrons. The Hall–Kier alpha value is -8.04. The van der Waals surface area contributed by atoms with Crippen LogP contribution in [0.5, 0.6) is 11.5 Å². The number of aliphatic hydroxyl groups excluding tert-OH is 4. The molecular weight excluding hydrogens is 1590 g/mol. The first-order chi connectivity index (χ1) is 58.9. The van der Waals surface area contributed by atoms with E-state index in [-0.39, 0.29) is 117 Å². The predicted octanol–water partition coefficient (Wildman–Crippen LogP) is 14.7. The van der Waals surface area contributed by atoms with Gasteiger partial charge in [0.05, 0.1) is 12.3 Å². The highest BCUT2D eigenvalue weighted by Gasteiger charge is 2.77. The standard InChI is InChI=1S/C22H29FO5.C22H27NO2.C21H28O5.C21H26O5.C18H20O2/c1-12-8-16-15-5-4-13-9-14(25)6-7-19(13,2)21(15,23)17(26)10-20(16,3)22(12,28)18(27)11-24;1-4-22(24)10-8-18-16-6-5-15-11-19-14(13-23-25-19)12-20(15,2)17(16)7-9-21(18,22)3;2*1-19-7-5-13(23)9-12(19)3-4-14-15-6-8-21(26,17(25)11-22)20(15,2)10-16(24)18(14)19;1-3-17(13-5-9-15(19)10-6-13)18(4-2)14-7-11-16(20)12-8-14/h6-7,9,12,15-17,24,26,28H,4-5,8,10-11H2,1-3H3;1,11,13,16-18,24H,5-10,12H2,2-3H3;9,14-15,18,22,26H,3-8,10-11H2,1-2H3;5,7,9,14-15,18,22,26H,3-4,6,8,10-11H2,1-2H3;5-12,19-20H,3-4H2,1-2H3/b;;;;18-17+/t12-,15+,16+,17+,19+,20+,21+,22+;16-,17+,18+,20+,21+,22+;2*14-,15-,18+,19-,20-,21-;/m1100./s1. The number of hydrogen-bond acceptors (Lipinski definition) is 20. The summed E-state index contributed by atoms with van der Waals surface area (Å²) in [5.74, 6) is 3.32. The Balaban J connectivity index is 0.000000121. The Bertz CT molecular complexity index is 5090. The van der Waals surface area contributed by atoms with Gasteiger partial charge in [0.2, 0.25) is 0 Å². The fourth-order valence-corrected chi connectivity index (χ4v) is 30.5. The third kappa shape index (κ3) is 13.7. The molecule has 26 atom stereocenters. The minimum absolute atomic E-state index is 0.0206. The molecule has 21 heteroatoms. The molecule has 1 aromatic heterocycles. The minimum atomic E-state index is -1.98. The number of halogens is 1. The molecule has 19 rings (SSSR count). The number of aliphatic hydroxyl groups is 8.